The summed E-state index contributed by atoms with van der Waals surface area (Å²) in [6.45, 7) is 6.07. The van der Waals surface area contributed by atoms with E-state index in [0.717, 1.165) is 24.0 Å². The second-order valence-corrected chi connectivity index (χ2v) is 6.50. The maximum atomic E-state index is 11.5. The lowest BCUT2D eigenvalue weighted by Gasteiger charge is -2.19. The van der Waals surface area contributed by atoms with Gasteiger partial charge in [-0.25, -0.2) is 4.79 Å². The van der Waals surface area contributed by atoms with Crippen LogP contribution in [0.1, 0.15) is 51.2 Å². The molecule has 5 heteroatoms. The topological polar surface area (TPSA) is 81.4 Å². The molecule has 1 rings (SSSR count). The van der Waals surface area contributed by atoms with Gasteiger partial charge in [-0.3, -0.25) is 4.79 Å². The molecular weight excluding hydrogens is 304 g/mol. The fourth-order valence-electron chi connectivity index (χ4n) is 1.95. The van der Waals surface area contributed by atoms with Crippen molar-refractivity contribution in [2.75, 3.05) is 6.54 Å². The highest BCUT2D eigenvalue weighted by molar-refractivity contribution is 5.74. The third-order valence-electron chi connectivity index (χ3n) is 2.97. The number of carbonyl (C=O) groups is 2. The number of hydrogen-bond acceptors (Lipinski definition) is 3. The van der Waals surface area contributed by atoms with Crippen molar-refractivity contribution in [3.05, 3.63) is 35.4 Å². The van der Waals surface area contributed by atoms with Crippen molar-refractivity contribution in [3.8, 4) is 11.8 Å². The van der Waals surface area contributed by atoms with Crippen LogP contribution in [-0.4, -0.2) is 24.1 Å². The fraction of sp³-hybridized carbons (Fsp3) is 0.474. The Kier molecular flexibility index (Phi) is 7.84. The van der Waals surface area contributed by atoms with E-state index < -0.39 is 11.7 Å². The van der Waals surface area contributed by atoms with Gasteiger partial charge in [-0.2, -0.15) is 0 Å². The lowest BCUT2D eigenvalue weighted by Crippen LogP contribution is -2.33. The van der Waals surface area contributed by atoms with Gasteiger partial charge in [-0.05, 0) is 51.3 Å². The third-order valence-corrected chi connectivity index (χ3v) is 2.97. The molecule has 0 heterocycles. The molecule has 0 atom stereocenters. The van der Waals surface area contributed by atoms with E-state index in [1.54, 1.807) is 0 Å². The maximum absolute atomic E-state index is 11.5. The second-order valence-electron chi connectivity index (χ2n) is 6.50. The van der Waals surface area contributed by atoms with Crippen LogP contribution < -0.4 is 11.1 Å². The first kappa shape index (κ1) is 19.6. The normalized spacial score (nSPS) is 10.5. The van der Waals surface area contributed by atoms with E-state index in [0.29, 0.717) is 13.0 Å². The van der Waals surface area contributed by atoms with Gasteiger partial charge >= 0.3 is 6.09 Å². The number of ether oxygens (including phenoxy) is 1. The molecule has 0 unspecified atom stereocenters. The van der Waals surface area contributed by atoms with Crippen LogP contribution >= 0.6 is 0 Å². The molecule has 0 aliphatic heterocycles. The van der Waals surface area contributed by atoms with Crippen molar-refractivity contribution in [1.29, 1.82) is 0 Å². The number of nitrogens with one attached hydrogen (secondary N) is 1. The maximum Gasteiger partial charge on any atom is 0.407 e. The van der Waals surface area contributed by atoms with E-state index in [1.807, 2.05) is 45.0 Å². The first-order chi connectivity index (χ1) is 11.3. The Hall–Kier alpha value is -2.48. The molecule has 0 aliphatic carbocycles. The lowest BCUT2D eigenvalue weighted by atomic mass is 10.1. The molecule has 0 aliphatic rings. The number of nitrogens with two attached hydrogens (primary N) is 1. The van der Waals surface area contributed by atoms with Crippen molar-refractivity contribution in [3.63, 3.8) is 0 Å². The van der Waals surface area contributed by atoms with Crippen LogP contribution in [0.5, 0.6) is 0 Å². The monoisotopic (exact) mass is 330 g/mol. The van der Waals surface area contributed by atoms with Crippen LogP contribution in [0.15, 0.2) is 24.3 Å². The lowest BCUT2D eigenvalue weighted by molar-refractivity contribution is -0.117. The van der Waals surface area contributed by atoms with Gasteiger partial charge in [0.25, 0.3) is 0 Å². The highest BCUT2D eigenvalue weighted by Crippen LogP contribution is 2.08. The second kappa shape index (κ2) is 9.61. The molecule has 0 saturated carbocycles. The minimum absolute atomic E-state index is 0.281. The molecule has 24 heavy (non-hydrogen) atoms. The van der Waals surface area contributed by atoms with Crippen molar-refractivity contribution in [1.82, 2.24) is 5.32 Å². The zero-order chi connectivity index (χ0) is 18.0. The summed E-state index contributed by atoms with van der Waals surface area (Å²) in [4.78, 5) is 22.2. The van der Waals surface area contributed by atoms with Crippen LogP contribution in [-0.2, 0) is 16.0 Å². The van der Waals surface area contributed by atoms with Crippen molar-refractivity contribution in [2.24, 2.45) is 5.73 Å². The minimum Gasteiger partial charge on any atom is -0.444 e. The van der Waals surface area contributed by atoms with Crippen LogP contribution in [0.25, 0.3) is 0 Å². The molecule has 0 saturated heterocycles. The van der Waals surface area contributed by atoms with Gasteiger partial charge in [0.05, 0.1) is 0 Å². The molecule has 1 aromatic carbocycles. The van der Waals surface area contributed by atoms with Crippen molar-refractivity contribution >= 4 is 12.0 Å². The van der Waals surface area contributed by atoms with E-state index in [1.165, 1.54) is 0 Å². The molecule has 5 nitrogen and oxygen atoms in total. The van der Waals surface area contributed by atoms with Gasteiger partial charge in [-0.15, -0.1) is 0 Å². The van der Waals surface area contributed by atoms with Crippen LogP contribution in [0, 0.1) is 11.8 Å². The largest absolute Gasteiger partial charge is 0.444 e. The molecule has 0 fully saturated rings. The number of carbonyl (C=O) groups excluding carboxylic acids is 2. The third kappa shape index (κ3) is 9.52. The van der Waals surface area contributed by atoms with Gasteiger partial charge < -0.3 is 15.8 Å². The van der Waals surface area contributed by atoms with Crippen molar-refractivity contribution in [2.45, 2.75) is 52.1 Å². The summed E-state index contributed by atoms with van der Waals surface area (Å²) < 4.78 is 5.18. The average Bonchev–Trinajstić information content (AvgIpc) is 2.47. The summed E-state index contributed by atoms with van der Waals surface area (Å²) in [6.07, 6.45) is 2.02. The number of alkyl carbamates (subject to hydrolysis) is 1. The zero-order valence-corrected chi connectivity index (χ0v) is 14.6. The Balaban J connectivity index is 2.37. The Morgan fingerprint density at radius 2 is 2.04 bits per heavy atom. The molecule has 0 aromatic heterocycles. The first-order valence-electron chi connectivity index (χ1n) is 8.09. The minimum atomic E-state index is -0.481. The number of benzene rings is 1. The SMILES string of the molecule is CC(C)(C)OC(=O)NCCCc1cccc(C#CCCC(N)=O)c1. The molecule has 0 bridgehead atoms. The molecular formula is C19H26N2O3. The van der Waals surface area contributed by atoms with Gasteiger partial charge in [0.2, 0.25) is 5.91 Å². The van der Waals surface area contributed by atoms with Crippen LogP contribution in [0.4, 0.5) is 4.79 Å². The number of rotatable bonds is 6. The summed E-state index contributed by atoms with van der Waals surface area (Å²) in [5.74, 6) is 5.63. The van der Waals surface area contributed by atoms with Gasteiger partial charge in [0.1, 0.15) is 5.60 Å². The summed E-state index contributed by atoms with van der Waals surface area (Å²) in [5.41, 5.74) is 6.66. The number of hydrogen-bond donors (Lipinski definition) is 2. The Morgan fingerprint density at radius 1 is 1.29 bits per heavy atom. The number of aryl methyl sites for hydroxylation is 1. The van der Waals surface area contributed by atoms with Crippen molar-refractivity contribution < 1.29 is 14.3 Å². The van der Waals surface area contributed by atoms with Crippen LogP contribution in [0.3, 0.4) is 0 Å². The number of primary amides is 1. The average molecular weight is 330 g/mol. The molecule has 2 amide bonds. The molecule has 1 aromatic rings. The molecule has 3 N–H and O–H groups in total. The highest BCUT2D eigenvalue weighted by Gasteiger charge is 2.15. The Bertz CT molecular complexity index is 621. The Morgan fingerprint density at radius 3 is 2.71 bits per heavy atom. The smallest absolute Gasteiger partial charge is 0.407 e. The van der Waals surface area contributed by atoms with Gasteiger partial charge in [0.15, 0.2) is 0 Å². The summed E-state index contributed by atoms with van der Waals surface area (Å²) in [7, 11) is 0. The summed E-state index contributed by atoms with van der Waals surface area (Å²) in [6, 6.07) is 7.93. The standard InChI is InChI=1S/C19H26N2O3/c1-19(2,3)24-18(23)21-13-7-11-16-10-6-9-15(14-16)8-4-5-12-17(20)22/h6,9-10,14H,5,7,11-13H2,1-3H3,(H2,20,22)(H,21,23). The van der Waals surface area contributed by atoms with E-state index in [2.05, 4.69) is 17.2 Å². The van der Waals surface area contributed by atoms with E-state index in [9.17, 15) is 9.59 Å². The Labute approximate surface area is 144 Å². The van der Waals surface area contributed by atoms with E-state index in [-0.39, 0.29) is 12.3 Å². The summed E-state index contributed by atoms with van der Waals surface area (Å²) >= 11 is 0. The van der Waals surface area contributed by atoms with Gasteiger partial charge in [-0.1, -0.05) is 24.0 Å². The fourth-order valence-corrected chi connectivity index (χ4v) is 1.95. The van der Waals surface area contributed by atoms with E-state index in [4.69, 9.17) is 10.5 Å². The molecule has 0 radical (unpaired) electrons. The summed E-state index contributed by atoms with van der Waals surface area (Å²) in [5, 5.41) is 2.74. The first-order valence-corrected chi connectivity index (χ1v) is 8.09. The number of amides is 2. The predicted octanol–water partition coefficient (Wildman–Crippen LogP) is 2.76. The molecule has 0 spiro atoms. The van der Waals surface area contributed by atoms with E-state index >= 15 is 0 Å². The quantitative estimate of drug-likeness (QED) is 0.621. The zero-order valence-electron chi connectivity index (χ0n) is 14.6. The molecule has 130 valence electrons. The predicted molar refractivity (Wildman–Crippen MR) is 94.3 cm³/mol. The van der Waals surface area contributed by atoms with Gasteiger partial charge in [0, 0.05) is 24.9 Å². The highest BCUT2D eigenvalue weighted by atomic mass is 16.6. The van der Waals surface area contributed by atoms with Crippen LogP contribution in [0.2, 0.25) is 0 Å².